The van der Waals surface area contributed by atoms with Crippen LogP contribution in [0.1, 0.15) is 24.8 Å². The Morgan fingerprint density at radius 3 is 2.56 bits per heavy atom. The van der Waals surface area contributed by atoms with Crippen molar-refractivity contribution >= 4 is 29.1 Å². The van der Waals surface area contributed by atoms with Gasteiger partial charge in [-0.1, -0.05) is 6.08 Å². The number of piperidine rings is 1. The molecule has 0 aliphatic carbocycles. The van der Waals surface area contributed by atoms with E-state index in [0.717, 1.165) is 29.5 Å². The number of carbonyl (C=O) groups is 3. The highest BCUT2D eigenvalue weighted by Gasteiger charge is 2.28. The highest BCUT2D eigenvalue weighted by molar-refractivity contribution is 5.94. The number of rotatable bonds is 8. The molecule has 0 spiro atoms. The van der Waals surface area contributed by atoms with Crippen molar-refractivity contribution in [2.24, 2.45) is 0 Å². The van der Waals surface area contributed by atoms with Gasteiger partial charge in [-0.25, -0.2) is 9.59 Å². The molecule has 1 fully saturated rings. The summed E-state index contributed by atoms with van der Waals surface area (Å²) in [7, 11) is 7.45. The zero-order valence-corrected chi connectivity index (χ0v) is 22.9. The van der Waals surface area contributed by atoms with E-state index in [2.05, 4.69) is 4.90 Å². The normalized spacial score (nSPS) is 15.9. The molecule has 0 bridgehead atoms. The minimum Gasteiger partial charge on any atom is -0.497 e. The third-order valence-corrected chi connectivity index (χ3v) is 6.78. The number of amides is 1. The molecular weight excluding hydrogens is 504 g/mol. The van der Waals surface area contributed by atoms with Gasteiger partial charge in [0.15, 0.2) is 0 Å². The van der Waals surface area contributed by atoms with E-state index in [1.54, 1.807) is 30.3 Å². The molecule has 1 saturated heterocycles. The number of methoxy groups -OCH3 is 1. The SMILES string of the molecule is COc1ccc2c(c1)c(CCN(C)C)cn2C(=O)OCOC(=O)OC1CCN(C(=O)C2=CN(C)C=CC2)CC1. The van der Waals surface area contributed by atoms with Gasteiger partial charge in [0.1, 0.15) is 11.9 Å². The molecule has 3 heterocycles. The monoisotopic (exact) mass is 540 g/mol. The largest absolute Gasteiger partial charge is 0.511 e. The van der Waals surface area contributed by atoms with Gasteiger partial charge in [0.2, 0.25) is 6.79 Å². The van der Waals surface area contributed by atoms with E-state index in [-0.39, 0.29) is 12.0 Å². The number of aromatic nitrogens is 1. The summed E-state index contributed by atoms with van der Waals surface area (Å²) in [4.78, 5) is 43.4. The van der Waals surface area contributed by atoms with Crippen molar-refractivity contribution < 1.29 is 33.3 Å². The van der Waals surface area contributed by atoms with E-state index < -0.39 is 19.0 Å². The van der Waals surface area contributed by atoms with Gasteiger partial charge in [-0.05, 0) is 56.9 Å². The molecule has 2 aliphatic heterocycles. The minimum atomic E-state index is -0.914. The lowest BCUT2D eigenvalue weighted by atomic mass is 10.0. The number of nitrogens with zero attached hydrogens (tertiary/aromatic N) is 4. The minimum absolute atomic E-state index is 0.00000860. The van der Waals surface area contributed by atoms with Gasteiger partial charge >= 0.3 is 12.2 Å². The lowest BCUT2D eigenvalue weighted by molar-refractivity contribution is -0.129. The maximum atomic E-state index is 12.8. The van der Waals surface area contributed by atoms with E-state index in [0.29, 0.717) is 43.6 Å². The van der Waals surface area contributed by atoms with Crippen LogP contribution < -0.4 is 4.74 Å². The molecule has 0 atom stereocenters. The molecule has 1 aromatic carbocycles. The van der Waals surface area contributed by atoms with Gasteiger partial charge in [0.25, 0.3) is 5.91 Å². The van der Waals surface area contributed by atoms with E-state index in [1.807, 2.05) is 50.6 Å². The summed E-state index contributed by atoms with van der Waals surface area (Å²) in [6.07, 6.45) is 7.84. The topological polar surface area (TPSA) is 103 Å². The van der Waals surface area contributed by atoms with E-state index in [1.165, 1.54) is 4.57 Å². The molecule has 0 radical (unpaired) electrons. The van der Waals surface area contributed by atoms with Crippen LogP contribution in [0.4, 0.5) is 9.59 Å². The average Bonchev–Trinajstić information content (AvgIpc) is 3.29. The molecule has 11 heteroatoms. The third kappa shape index (κ3) is 7.11. The summed E-state index contributed by atoms with van der Waals surface area (Å²) in [6.45, 7) is 1.20. The van der Waals surface area contributed by atoms with Crippen molar-refractivity contribution in [3.8, 4) is 5.75 Å². The van der Waals surface area contributed by atoms with Crippen molar-refractivity contribution in [2.75, 3.05) is 54.7 Å². The number of hydrogen-bond acceptors (Lipinski definition) is 9. The molecule has 0 saturated carbocycles. The van der Waals surface area contributed by atoms with E-state index in [4.69, 9.17) is 18.9 Å². The Morgan fingerprint density at radius 1 is 1.10 bits per heavy atom. The number of fused-ring (bicyclic) bond motifs is 1. The van der Waals surface area contributed by atoms with Crippen molar-refractivity contribution in [3.05, 3.63) is 54.0 Å². The van der Waals surface area contributed by atoms with Crippen LogP contribution in [0.5, 0.6) is 5.75 Å². The fourth-order valence-corrected chi connectivity index (χ4v) is 4.68. The van der Waals surface area contributed by atoms with Gasteiger partial charge in [-0.3, -0.25) is 9.36 Å². The molecule has 4 rings (SSSR count). The highest BCUT2D eigenvalue weighted by atomic mass is 16.8. The summed E-state index contributed by atoms with van der Waals surface area (Å²) in [5.41, 5.74) is 2.38. The van der Waals surface area contributed by atoms with Crippen LogP contribution in [-0.4, -0.2) is 98.2 Å². The maximum absolute atomic E-state index is 12.8. The summed E-state index contributed by atoms with van der Waals surface area (Å²) < 4.78 is 22.3. The lowest BCUT2D eigenvalue weighted by Gasteiger charge is -2.32. The van der Waals surface area contributed by atoms with E-state index >= 15 is 0 Å². The molecule has 1 aromatic heterocycles. The first-order valence-electron chi connectivity index (χ1n) is 13.0. The molecule has 39 heavy (non-hydrogen) atoms. The van der Waals surface area contributed by atoms with Crippen LogP contribution in [0.3, 0.4) is 0 Å². The lowest BCUT2D eigenvalue weighted by Crippen LogP contribution is -2.42. The van der Waals surface area contributed by atoms with Gasteiger partial charge in [-0.15, -0.1) is 0 Å². The van der Waals surface area contributed by atoms with Crippen molar-refractivity contribution in [2.45, 2.75) is 31.8 Å². The smallest absolute Gasteiger partial charge is 0.497 e. The number of likely N-dealkylation sites (tertiary alicyclic amines) is 1. The standard InChI is InChI=1S/C28H36N4O7/c1-29(2)13-9-20-18-32(25-8-7-23(36-4)16-24(20)25)27(34)37-19-38-28(35)39-22-10-14-31(15-11-22)26(33)21-6-5-12-30(3)17-21/h5,7-8,12,16-18,22H,6,9-11,13-15,19H2,1-4H3. The van der Waals surface area contributed by atoms with Crippen LogP contribution in [0, 0.1) is 0 Å². The fraction of sp³-hybridized carbons (Fsp3) is 0.464. The summed E-state index contributed by atoms with van der Waals surface area (Å²) in [5.74, 6) is 0.692. The fourth-order valence-electron chi connectivity index (χ4n) is 4.68. The van der Waals surface area contributed by atoms with Crippen LogP contribution >= 0.6 is 0 Å². The number of carbonyl (C=O) groups excluding carboxylic acids is 3. The van der Waals surface area contributed by atoms with Gasteiger partial charge in [0.05, 0.1) is 12.6 Å². The second-order valence-corrected chi connectivity index (χ2v) is 9.90. The molecule has 1 amide bonds. The van der Waals surface area contributed by atoms with Crippen molar-refractivity contribution in [1.82, 2.24) is 19.3 Å². The molecule has 0 N–H and O–H groups in total. The Morgan fingerprint density at radius 2 is 1.87 bits per heavy atom. The molecular formula is C28H36N4O7. The van der Waals surface area contributed by atoms with Crippen LogP contribution in [0.25, 0.3) is 10.9 Å². The first-order valence-corrected chi connectivity index (χ1v) is 13.0. The van der Waals surface area contributed by atoms with Crippen LogP contribution in [0.2, 0.25) is 0 Å². The number of likely N-dealkylation sites (N-methyl/N-ethyl adjacent to an activating group) is 1. The summed E-state index contributed by atoms with van der Waals surface area (Å²) in [5, 5.41) is 0.890. The summed E-state index contributed by atoms with van der Waals surface area (Å²) >= 11 is 0. The quantitative estimate of drug-likeness (QED) is 0.367. The van der Waals surface area contributed by atoms with Gasteiger partial charge in [-0.2, -0.15) is 0 Å². The summed E-state index contributed by atoms with van der Waals surface area (Å²) in [6, 6.07) is 5.45. The molecule has 2 aromatic rings. The number of benzene rings is 1. The number of ether oxygens (including phenoxy) is 4. The predicted octanol–water partition coefficient (Wildman–Crippen LogP) is 3.57. The molecule has 0 unspecified atom stereocenters. The molecule has 11 nitrogen and oxygen atoms in total. The second-order valence-electron chi connectivity index (χ2n) is 9.90. The Hall–Kier alpha value is -3.99. The van der Waals surface area contributed by atoms with Crippen LogP contribution in [-0.2, 0) is 25.4 Å². The average molecular weight is 541 g/mol. The second kappa shape index (κ2) is 12.7. The first kappa shape index (κ1) is 28.0. The molecule has 2 aliphatic rings. The Balaban J connectivity index is 1.25. The maximum Gasteiger partial charge on any atom is 0.511 e. The number of hydrogen-bond donors (Lipinski definition) is 0. The predicted molar refractivity (Wildman–Crippen MR) is 144 cm³/mol. The zero-order chi connectivity index (χ0) is 27.9. The third-order valence-electron chi connectivity index (χ3n) is 6.78. The van der Waals surface area contributed by atoms with Gasteiger partial charge < -0.3 is 33.6 Å². The Kier molecular flexibility index (Phi) is 9.13. The number of allylic oxidation sites excluding steroid dienone is 1. The van der Waals surface area contributed by atoms with Crippen molar-refractivity contribution in [3.63, 3.8) is 0 Å². The Bertz CT molecular complexity index is 1260. The van der Waals surface area contributed by atoms with Crippen LogP contribution in [0.15, 0.2) is 48.4 Å². The first-order chi connectivity index (χ1) is 18.7. The Labute approximate surface area is 228 Å². The highest BCUT2D eigenvalue weighted by Crippen LogP contribution is 2.27. The zero-order valence-electron chi connectivity index (χ0n) is 22.9. The van der Waals surface area contributed by atoms with E-state index in [9.17, 15) is 14.4 Å². The van der Waals surface area contributed by atoms with Gasteiger partial charge in [0, 0.05) is 62.9 Å². The molecule has 210 valence electrons. The van der Waals surface area contributed by atoms with Crippen molar-refractivity contribution in [1.29, 1.82) is 0 Å².